The lowest BCUT2D eigenvalue weighted by atomic mass is 9.98. The van der Waals surface area contributed by atoms with E-state index in [4.69, 9.17) is 27.3 Å². The van der Waals surface area contributed by atoms with Crippen LogP contribution in [0.25, 0.3) is 0 Å². The van der Waals surface area contributed by atoms with E-state index >= 15 is 0 Å². The topological polar surface area (TPSA) is 89.5 Å². The zero-order valence-electron chi connectivity index (χ0n) is 12.2. The minimum Gasteiger partial charge on any atom is -0.353 e. The van der Waals surface area contributed by atoms with Gasteiger partial charge in [0.25, 0.3) is 0 Å². The molecule has 3 heterocycles. The van der Waals surface area contributed by atoms with E-state index in [2.05, 4.69) is 0 Å². The highest BCUT2D eigenvalue weighted by atomic mass is 32.3. The van der Waals surface area contributed by atoms with E-state index in [-0.39, 0.29) is 6.61 Å². The molecular formula is C14H16O8S. The zero-order valence-corrected chi connectivity index (χ0v) is 13.0. The lowest BCUT2D eigenvalue weighted by Gasteiger charge is -2.44. The molecule has 8 nitrogen and oxygen atoms in total. The van der Waals surface area contributed by atoms with Gasteiger partial charge in [-0.3, -0.25) is 0 Å². The molecule has 126 valence electrons. The van der Waals surface area contributed by atoms with Gasteiger partial charge in [-0.2, -0.15) is 8.42 Å². The first kappa shape index (κ1) is 15.5. The maximum Gasteiger partial charge on any atom is 0.400 e. The minimum absolute atomic E-state index is 0.233. The van der Waals surface area contributed by atoms with E-state index < -0.39 is 47.4 Å². The highest BCUT2D eigenvalue weighted by Crippen LogP contribution is 2.40. The van der Waals surface area contributed by atoms with Gasteiger partial charge in [0.15, 0.2) is 18.7 Å². The minimum atomic E-state index is -4.09. The summed E-state index contributed by atoms with van der Waals surface area (Å²) in [6.45, 7) is 0.233. The largest absolute Gasteiger partial charge is 0.400 e. The van der Waals surface area contributed by atoms with Crippen molar-refractivity contribution in [2.45, 2.75) is 37.0 Å². The molecule has 0 aliphatic carbocycles. The van der Waals surface area contributed by atoms with Crippen molar-refractivity contribution in [2.75, 3.05) is 13.7 Å². The Labute approximate surface area is 133 Å². The second kappa shape index (κ2) is 5.78. The number of ether oxygens (including phenoxy) is 4. The smallest absolute Gasteiger partial charge is 0.353 e. The summed E-state index contributed by atoms with van der Waals surface area (Å²) in [6, 6.07) is 9.36. The fourth-order valence-corrected chi connectivity index (χ4v) is 4.03. The van der Waals surface area contributed by atoms with Gasteiger partial charge in [-0.15, -0.1) is 0 Å². The van der Waals surface area contributed by atoms with Gasteiger partial charge in [-0.1, -0.05) is 30.3 Å². The molecule has 0 aromatic heterocycles. The third kappa shape index (κ3) is 2.78. The van der Waals surface area contributed by atoms with Gasteiger partial charge in [0.2, 0.25) is 0 Å². The summed E-state index contributed by atoms with van der Waals surface area (Å²) in [5.74, 6) is 0. The van der Waals surface area contributed by atoms with Crippen LogP contribution in [-0.2, 0) is 37.7 Å². The van der Waals surface area contributed by atoms with Crippen LogP contribution in [0.5, 0.6) is 0 Å². The number of hydrogen-bond donors (Lipinski definition) is 0. The summed E-state index contributed by atoms with van der Waals surface area (Å²) < 4.78 is 55.7. The number of hydrogen-bond acceptors (Lipinski definition) is 8. The molecule has 4 rings (SSSR count). The Balaban J connectivity index is 1.59. The Morgan fingerprint density at radius 1 is 1.04 bits per heavy atom. The Hall–Kier alpha value is -1.07. The fourth-order valence-electron chi connectivity index (χ4n) is 3.02. The lowest BCUT2D eigenvalue weighted by Crippen LogP contribution is -2.61. The molecule has 6 atom stereocenters. The molecule has 0 bridgehead atoms. The summed E-state index contributed by atoms with van der Waals surface area (Å²) >= 11 is 0. The van der Waals surface area contributed by atoms with Crippen LogP contribution >= 0.6 is 0 Å². The molecule has 0 radical (unpaired) electrons. The lowest BCUT2D eigenvalue weighted by molar-refractivity contribution is -0.343. The molecule has 3 aliphatic rings. The molecule has 0 saturated carbocycles. The molecule has 3 fully saturated rings. The number of fused-ring (bicyclic) bond motifs is 3. The molecule has 3 saturated heterocycles. The van der Waals surface area contributed by atoms with E-state index in [0.717, 1.165) is 5.56 Å². The number of methoxy groups -OCH3 is 1. The quantitative estimate of drug-likeness (QED) is 0.766. The van der Waals surface area contributed by atoms with Gasteiger partial charge in [0.05, 0.1) is 6.61 Å². The van der Waals surface area contributed by atoms with Gasteiger partial charge >= 0.3 is 10.4 Å². The molecule has 3 aliphatic heterocycles. The molecule has 0 amide bonds. The summed E-state index contributed by atoms with van der Waals surface area (Å²) in [7, 11) is -2.67. The van der Waals surface area contributed by atoms with E-state index in [1.807, 2.05) is 30.3 Å². The van der Waals surface area contributed by atoms with Crippen molar-refractivity contribution in [3.8, 4) is 0 Å². The van der Waals surface area contributed by atoms with E-state index in [0.29, 0.717) is 0 Å². The van der Waals surface area contributed by atoms with Crippen molar-refractivity contribution >= 4 is 10.4 Å². The van der Waals surface area contributed by atoms with Crippen LogP contribution in [0.15, 0.2) is 30.3 Å². The summed E-state index contributed by atoms with van der Waals surface area (Å²) in [4.78, 5) is 0. The molecule has 1 aromatic rings. The summed E-state index contributed by atoms with van der Waals surface area (Å²) in [5, 5.41) is 0. The number of rotatable bonds is 2. The molecule has 0 N–H and O–H groups in total. The van der Waals surface area contributed by atoms with Crippen LogP contribution in [0.4, 0.5) is 0 Å². The second-order valence-electron chi connectivity index (χ2n) is 5.49. The first-order valence-corrected chi connectivity index (χ1v) is 8.52. The summed E-state index contributed by atoms with van der Waals surface area (Å²) in [5.41, 5.74) is 0.832. The number of benzene rings is 1. The zero-order chi connectivity index (χ0) is 16.0. The predicted octanol–water partition coefficient (Wildman–Crippen LogP) is 0.501. The normalized spacial score (nSPS) is 42.0. The first-order chi connectivity index (χ1) is 11.1. The monoisotopic (exact) mass is 344 g/mol. The van der Waals surface area contributed by atoms with Crippen LogP contribution < -0.4 is 0 Å². The molecule has 0 spiro atoms. The maximum atomic E-state index is 11.6. The van der Waals surface area contributed by atoms with Crippen molar-refractivity contribution in [3.05, 3.63) is 35.9 Å². The van der Waals surface area contributed by atoms with Crippen LogP contribution in [0.3, 0.4) is 0 Å². The molecular weight excluding hydrogens is 328 g/mol. The first-order valence-electron chi connectivity index (χ1n) is 7.19. The Morgan fingerprint density at radius 3 is 2.52 bits per heavy atom. The van der Waals surface area contributed by atoms with Gasteiger partial charge in [-0.05, 0) is 0 Å². The van der Waals surface area contributed by atoms with Gasteiger partial charge < -0.3 is 18.9 Å². The van der Waals surface area contributed by atoms with Crippen LogP contribution in [-0.4, -0.2) is 52.8 Å². The SMILES string of the molecule is CO[C@H]1O[C@@H]2COC(c3ccccc3)O[C@H]2[C@@H]2OS(=O)(=O)O[C@@H]12. The van der Waals surface area contributed by atoms with Crippen molar-refractivity contribution in [3.63, 3.8) is 0 Å². The van der Waals surface area contributed by atoms with E-state index in [9.17, 15) is 8.42 Å². The van der Waals surface area contributed by atoms with Gasteiger partial charge in [-0.25, -0.2) is 8.37 Å². The third-order valence-electron chi connectivity index (χ3n) is 4.05. The van der Waals surface area contributed by atoms with Crippen molar-refractivity contribution < 1.29 is 35.7 Å². The highest BCUT2D eigenvalue weighted by Gasteiger charge is 2.58. The van der Waals surface area contributed by atoms with Crippen molar-refractivity contribution in [1.29, 1.82) is 0 Å². The van der Waals surface area contributed by atoms with Crippen LogP contribution in [0, 0.1) is 0 Å². The predicted molar refractivity (Wildman–Crippen MR) is 74.3 cm³/mol. The highest BCUT2D eigenvalue weighted by molar-refractivity contribution is 7.82. The van der Waals surface area contributed by atoms with Crippen LogP contribution in [0.2, 0.25) is 0 Å². The van der Waals surface area contributed by atoms with Crippen molar-refractivity contribution in [1.82, 2.24) is 0 Å². The van der Waals surface area contributed by atoms with E-state index in [1.165, 1.54) is 7.11 Å². The van der Waals surface area contributed by atoms with Gasteiger partial charge in [0.1, 0.15) is 18.3 Å². The van der Waals surface area contributed by atoms with Crippen LogP contribution in [0.1, 0.15) is 11.9 Å². The molecule has 9 heteroatoms. The standard InChI is InChI=1S/C14H16O8S/c1-17-14-12-11(21-23(15,16)22-12)10-9(19-14)7-18-13(20-10)8-5-3-2-4-6-8/h2-6,9-14H,7H2,1H3/t9-,10-,11+,12-,13?,14+/m1/s1. The Morgan fingerprint density at radius 2 is 1.78 bits per heavy atom. The fraction of sp³-hybridized carbons (Fsp3) is 0.571. The average Bonchev–Trinajstić information content (AvgIpc) is 2.90. The Bertz CT molecular complexity index is 663. The summed E-state index contributed by atoms with van der Waals surface area (Å²) in [6.07, 6.45) is -4.35. The van der Waals surface area contributed by atoms with Crippen molar-refractivity contribution in [2.24, 2.45) is 0 Å². The third-order valence-corrected chi connectivity index (χ3v) is 4.96. The maximum absolute atomic E-state index is 11.6. The molecule has 1 aromatic carbocycles. The average molecular weight is 344 g/mol. The molecule has 1 unspecified atom stereocenters. The Kier molecular flexibility index (Phi) is 3.88. The van der Waals surface area contributed by atoms with Gasteiger partial charge in [0, 0.05) is 12.7 Å². The second-order valence-corrected chi connectivity index (χ2v) is 6.69. The molecule has 23 heavy (non-hydrogen) atoms. The van der Waals surface area contributed by atoms with E-state index in [1.54, 1.807) is 0 Å².